The van der Waals surface area contributed by atoms with E-state index in [1.165, 1.54) is 0 Å². The summed E-state index contributed by atoms with van der Waals surface area (Å²) in [4.78, 5) is 0. The SMILES string of the molecule is C[C-]=CC.[Ag+]. The molecular formula is C4H7Ag. The Morgan fingerprint density at radius 1 is 1.60 bits per heavy atom. The van der Waals surface area contributed by atoms with E-state index in [4.69, 9.17) is 0 Å². The van der Waals surface area contributed by atoms with Gasteiger partial charge in [-0.15, -0.1) is 0 Å². The molecule has 34 valence electrons. The van der Waals surface area contributed by atoms with Crippen LogP contribution in [-0.4, -0.2) is 0 Å². The summed E-state index contributed by atoms with van der Waals surface area (Å²) in [5.41, 5.74) is 0. The molecule has 0 aliphatic rings. The minimum Gasteiger partial charge on any atom is -0.504 e. The van der Waals surface area contributed by atoms with E-state index in [0.717, 1.165) is 0 Å². The quantitative estimate of drug-likeness (QED) is 0.373. The van der Waals surface area contributed by atoms with Crippen LogP contribution in [0.1, 0.15) is 13.8 Å². The predicted molar refractivity (Wildman–Crippen MR) is 19.2 cm³/mol. The Balaban J connectivity index is 0. The van der Waals surface area contributed by atoms with Crippen molar-refractivity contribution in [3.05, 3.63) is 12.2 Å². The van der Waals surface area contributed by atoms with Gasteiger partial charge < -0.3 is 6.08 Å². The van der Waals surface area contributed by atoms with Gasteiger partial charge in [-0.3, -0.25) is 6.08 Å². The second kappa shape index (κ2) is 8.82. The predicted octanol–water partition coefficient (Wildman–Crippen LogP) is 1.38. The summed E-state index contributed by atoms with van der Waals surface area (Å²) in [7, 11) is 0. The zero-order valence-electron chi connectivity index (χ0n) is 3.38. The van der Waals surface area contributed by atoms with Crippen LogP contribution in [0.3, 0.4) is 0 Å². The Kier molecular flexibility index (Phi) is 16.0. The monoisotopic (exact) mass is 162 g/mol. The van der Waals surface area contributed by atoms with Crippen molar-refractivity contribution >= 4 is 0 Å². The van der Waals surface area contributed by atoms with Crippen molar-refractivity contribution in [1.82, 2.24) is 0 Å². The Morgan fingerprint density at radius 2 is 1.80 bits per heavy atom. The maximum Gasteiger partial charge on any atom is 1.00 e. The van der Waals surface area contributed by atoms with E-state index in [0.29, 0.717) is 0 Å². The van der Waals surface area contributed by atoms with Crippen LogP contribution in [0.5, 0.6) is 0 Å². The molecule has 1 heteroatoms. The van der Waals surface area contributed by atoms with Gasteiger partial charge in [0.05, 0.1) is 0 Å². The zero-order chi connectivity index (χ0) is 3.41. The standard InChI is InChI=1S/C4H7.Ag/c1-3-4-2;/h3H,1-2H3;/q-1;+1. The zero-order valence-corrected chi connectivity index (χ0v) is 4.86. The fourth-order valence-electron chi connectivity index (χ4n) is 0. The molecule has 0 aromatic rings. The third-order valence-electron chi connectivity index (χ3n) is 0.289. The normalized spacial score (nSPS) is 7.60. The van der Waals surface area contributed by atoms with E-state index in [1.54, 1.807) is 0 Å². The van der Waals surface area contributed by atoms with E-state index in [9.17, 15) is 0 Å². The molecule has 0 amide bonds. The van der Waals surface area contributed by atoms with Crippen LogP contribution >= 0.6 is 0 Å². The Morgan fingerprint density at radius 3 is 1.80 bits per heavy atom. The first-order valence-corrected chi connectivity index (χ1v) is 1.37. The average molecular weight is 163 g/mol. The minimum absolute atomic E-state index is 0. The second-order valence-electron chi connectivity index (χ2n) is 0.577. The maximum absolute atomic E-state index is 2.81. The molecule has 0 bridgehead atoms. The van der Waals surface area contributed by atoms with Crippen molar-refractivity contribution in [3.8, 4) is 0 Å². The van der Waals surface area contributed by atoms with E-state index in [2.05, 4.69) is 6.08 Å². The molecule has 0 rings (SSSR count). The Hall–Kier alpha value is 0.480. The van der Waals surface area contributed by atoms with Gasteiger partial charge in [-0.2, -0.15) is 6.92 Å². The van der Waals surface area contributed by atoms with Gasteiger partial charge in [-0.1, -0.05) is 6.92 Å². The first kappa shape index (κ1) is 9.08. The summed E-state index contributed by atoms with van der Waals surface area (Å²) < 4.78 is 0. The van der Waals surface area contributed by atoms with E-state index in [-0.39, 0.29) is 22.4 Å². The number of rotatable bonds is 0. The van der Waals surface area contributed by atoms with E-state index in [1.807, 2.05) is 19.9 Å². The van der Waals surface area contributed by atoms with Gasteiger partial charge in [0.25, 0.3) is 0 Å². The molecule has 0 aromatic heterocycles. The molecule has 0 saturated heterocycles. The fourth-order valence-corrected chi connectivity index (χ4v) is 0. The molecule has 0 atom stereocenters. The summed E-state index contributed by atoms with van der Waals surface area (Å²) in [6.45, 7) is 3.82. The summed E-state index contributed by atoms with van der Waals surface area (Å²) in [5.74, 6) is 0. The van der Waals surface area contributed by atoms with Gasteiger partial charge >= 0.3 is 22.4 Å². The molecule has 0 fully saturated rings. The maximum atomic E-state index is 2.81. The van der Waals surface area contributed by atoms with Crippen LogP contribution < -0.4 is 0 Å². The van der Waals surface area contributed by atoms with Crippen molar-refractivity contribution in [3.63, 3.8) is 0 Å². The van der Waals surface area contributed by atoms with E-state index < -0.39 is 0 Å². The molecule has 0 aliphatic carbocycles. The van der Waals surface area contributed by atoms with Gasteiger partial charge in [0.15, 0.2) is 0 Å². The largest absolute Gasteiger partial charge is 1.00 e. The summed E-state index contributed by atoms with van der Waals surface area (Å²) in [5, 5.41) is 0. The smallest absolute Gasteiger partial charge is 0.504 e. The van der Waals surface area contributed by atoms with Crippen LogP contribution in [-0.2, 0) is 22.4 Å². The van der Waals surface area contributed by atoms with Gasteiger partial charge in [0.1, 0.15) is 0 Å². The topological polar surface area (TPSA) is 0 Å². The Bertz CT molecular complexity index is 18.8. The molecule has 5 heavy (non-hydrogen) atoms. The van der Waals surface area contributed by atoms with Crippen molar-refractivity contribution < 1.29 is 22.4 Å². The molecule has 0 nitrogen and oxygen atoms in total. The van der Waals surface area contributed by atoms with Crippen LogP contribution in [0.4, 0.5) is 0 Å². The summed E-state index contributed by atoms with van der Waals surface area (Å²) >= 11 is 0. The van der Waals surface area contributed by atoms with Crippen molar-refractivity contribution in [2.75, 3.05) is 0 Å². The first-order valence-electron chi connectivity index (χ1n) is 1.37. The third kappa shape index (κ3) is 12.6. The second-order valence-corrected chi connectivity index (χ2v) is 0.577. The van der Waals surface area contributed by atoms with Crippen LogP contribution in [0, 0.1) is 6.08 Å². The number of hydrogen-bond donors (Lipinski definition) is 0. The van der Waals surface area contributed by atoms with Crippen molar-refractivity contribution in [2.24, 2.45) is 0 Å². The molecule has 0 radical (unpaired) electrons. The van der Waals surface area contributed by atoms with Gasteiger partial charge in [0, 0.05) is 0 Å². The van der Waals surface area contributed by atoms with E-state index >= 15 is 0 Å². The molecular weight excluding hydrogens is 156 g/mol. The molecule has 0 unspecified atom stereocenters. The van der Waals surface area contributed by atoms with Gasteiger partial charge in [0.2, 0.25) is 0 Å². The summed E-state index contributed by atoms with van der Waals surface area (Å²) in [6.07, 6.45) is 4.68. The molecule has 0 N–H and O–H groups in total. The minimum atomic E-state index is 0. The fraction of sp³-hybridized carbons (Fsp3) is 0.500. The molecule has 0 aliphatic heterocycles. The van der Waals surface area contributed by atoms with Crippen LogP contribution in [0.25, 0.3) is 0 Å². The van der Waals surface area contributed by atoms with Crippen molar-refractivity contribution in [1.29, 1.82) is 0 Å². The van der Waals surface area contributed by atoms with Crippen LogP contribution in [0.15, 0.2) is 6.08 Å². The summed E-state index contributed by atoms with van der Waals surface area (Å²) in [6, 6.07) is 0. The Labute approximate surface area is 48.8 Å². The number of allylic oxidation sites excluding steroid dienone is 2. The molecule has 0 aromatic carbocycles. The van der Waals surface area contributed by atoms with Crippen molar-refractivity contribution in [2.45, 2.75) is 13.8 Å². The van der Waals surface area contributed by atoms with Crippen LogP contribution in [0.2, 0.25) is 0 Å². The molecule has 0 heterocycles. The average Bonchev–Trinajstić information content (AvgIpc) is 1.37. The first-order chi connectivity index (χ1) is 1.91. The number of hydrogen-bond acceptors (Lipinski definition) is 0. The molecule has 0 saturated carbocycles. The van der Waals surface area contributed by atoms with Gasteiger partial charge in [-0.05, 0) is 0 Å². The van der Waals surface area contributed by atoms with Gasteiger partial charge in [-0.25, -0.2) is 0 Å². The third-order valence-corrected chi connectivity index (χ3v) is 0.289. The molecule has 0 spiro atoms.